The van der Waals surface area contributed by atoms with Gasteiger partial charge in [0.05, 0.1) is 0 Å². The van der Waals surface area contributed by atoms with Gasteiger partial charge in [-0.2, -0.15) is 0 Å². The van der Waals surface area contributed by atoms with Crippen LogP contribution in [0.5, 0.6) is 0 Å². The van der Waals surface area contributed by atoms with Crippen molar-refractivity contribution in [1.29, 1.82) is 0 Å². The van der Waals surface area contributed by atoms with Crippen LogP contribution < -0.4 is 5.32 Å². The quantitative estimate of drug-likeness (QED) is 0.301. The van der Waals surface area contributed by atoms with Gasteiger partial charge in [-0.05, 0) is 54.2 Å². The van der Waals surface area contributed by atoms with Crippen LogP contribution in [-0.4, -0.2) is 14.6 Å². The van der Waals surface area contributed by atoms with Crippen LogP contribution in [0.1, 0.15) is 71.1 Å². The molecule has 2 nitrogen and oxygen atoms in total. The molecule has 0 saturated carbocycles. The highest BCUT2D eigenvalue weighted by atomic mass is 80.0. The van der Waals surface area contributed by atoms with Crippen molar-refractivity contribution in [2.75, 3.05) is 6.54 Å². The average Bonchev–Trinajstić information content (AvgIpc) is 2.34. The molecule has 0 unspecified atom stereocenters. The van der Waals surface area contributed by atoms with Gasteiger partial charge < -0.3 is 5.32 Å². The maximum absolute atomic E-state index is 11.5. The molecule has 0 aliphatic rings. The zero-order chi connectivity index (χ0) is 14.6. The van der Waals surface area contributed by atoms with Crippen molar-refractivity contribution in [2.45, 2.75) is 73.3 Å². The molecule has 0 fully saturated rings. The van der Waals surface area contributed by atoms with E-state index in [1.54, 1.807) is 0 Å². The van der Waals surface area contributed by atoms with Gasteiger partial charge in [0.15, 0.2) is 0 Å². The SMILES string of the molecule is CCCCCCCCCCCCNC(=O)C(Br)(Br)Br. The second-order valence-electron chi connectivity index (χ2n) is 4.94. The first-order valence-electron chi connectivity index (χ1n) is 7.33. The fraction of sp³-hybridized carbons (Fsp3) is 0.929. The minimum Gasteiger partial charge on any atom is -0.353 e. The van der Waals surface area contributed by atoms with Crippen molar-refractivity contribution in [3.8, 4) is 0 Å². The molecule has 0 radical (unpaired) electrons. The molecule has 0 heterocycles. The molecule has 0 aliphatic carbocycles. The molecule has 0 saturated heterocycles. The van der Waals surface area contributed by atoms with Gasteiger partial charge in [-0.1, -0.05) is 64.7 Å². The van der Waals surface area contributed by atoms with Crippen LogP contribution in [0.3, 0.4) is 0 Å². The standard InChI is InChI=1S/C14H26Br3NO/c1-2-3-4-5-6-7-8-9-10-11-12-18-13(19)14(15,16)17/h2-12H2,1H3,(H,18,19). The van der Waals surface area contributed by atoms with Crippen molar-refractivity contribution in [3.63, 3.8) is 0 Å². The van der Waals surface area contributed by atoms with Gasteiger partial charge in [0.25, 0.3) is 5.91 Å². The Labute approximate surface area is 143 Å². The van der Waals surface area contributed by atoms with Crippen LogP contribution in [0, 0.1) is 0 Å². The number of rotatable bonds is 11. The molecule has 1 amide bonds. The molecule has 0 aromatic carbocycles. The zero-order valence-electron chi connectivity index (χ0n) is 11.8. The molecule has 1 N–H and O–H groups in total. The van der Waals surface area contributed by atoms with Gasteiger partial charge in [-0.3, -0.25) is 4.79 Å². The summed E-state index contributed by atoms with van der Waals surface area (Å²) in [5.74, 6) is -0.0802. The third kappa shape index (κ3) is 13.6. The Balaban J connectivity index is 3.17. The Hall–Kier alpha value is 0.910. The van der Waals surface area contributed by atoms with E-state index in [0.29, 0.717) is 0 Å². The highest BCUT2D eigenvalue weighted by Gasteiger charge is 2.27. The lowest BCUT2D eigenvalue weighted by atomic mass is 10.1. The lowest BCUT2D eigenvalue weighted by Crippen LogP contribution is -2.34. The molecule has 0 aromatic heterocycles. The van der Waals surface area contributed by atoms with E-state index in [4.69, 9.17) is 0 Å². The van der Waals surface area contributed by atoms with Crippen LogP contribution in [0.2, 0.25) is 0 Å². The number of hydrogen-bond donors (Lipinski definition) is 1. The van der Waals surface area contributed by atoms with Crippen molar-refractivity contribution in [2.24, 2.45) is 0 Å². The summed E-state index contributed by atoms with van der Waals surface area (Å²) in [4.78, 5) is 11.5. The fourth-order valence-corrected chi connectivity index (χ4v) is 2.34. The number of alkyl halides is 3. The highest BCUT2D eigenvalue weighted by molar-refractivity contribution is 9.40. The van der Waals surface area contributed by atoms with Gasteiger partial charge in [0.1, 0.15) is 0 Å². The molecule has 0 aromatic rings. The van der Waals surface area contributed by atoms with Gasteiger partial charge in [-0.25, -0.2) is 0 Å². The summed E-state index contributed by atoms with van der Waals surface area (Å²) in [6, 6.07) is 0. The smallest absolute Gasteiger partial charge is 0.258 e. The number of halogens is 3. The van der Waals surface area contributed by atoms with Crippen molar-refractivity contribution in [1.82, 2.24) is 5.32 Å². The van der Waals surface area contributed by atoms with E-state index < -0.39 is 2.14 Å². The van der Waals surface area contributed by atoms with E-state index in [1.165, 1.54) is 57.8 Å². The highest BCUT2D eigenvalue weighted by Crippen LogP contribution is 2.33. The number of nitrogens with one attached hydrogen (secondary N) is 1. The Morgan fingerprint density at radius 1 is 0.842 bits per heavy atom. The molecular weight excluding hydrogens is 438 g/mol. The Kier molecular flexibility index (Phi) is 13.2. The number of amides is 1. The molecule has 0 aliphatic heterocycles. The molecular formula is C14H26Br3NO. The predicted octanol–water partition coefficient (Wildman–Crippen LogP) is 5.86. The van der Waals surface area contributed by atoms with Crippen molar-refractivity contribution < 1.29 is 4.79 Å². The second-order valence-corrected chi connectivity index (χ2v) is 11.7. The first-order valence-corrected chi connectivity index (χ1v) is 9.71. The predicted molar refractivity (Wildman–Crippen MR) is 94.4 cm³/mol. The lowest BCUT2D eigenvalue weighted by molar-refractivity contribution is -0.119. The second kappa shape index (κ2) is 12.6. The van der Waals surface area contributed by atoms with Crippen LogP contribution in [-0.2, 0) is 4.79 Å². The number of carbonyl (C=O) groups excluding carboxylic acids is 1. The molecule has 19 heavy (non-hydrogen) atoms. The van der Waals surface area contributed by atoms with Gasteiger partial charge in [-0.15, -0.1) is 0 Å². The largest absolute Gasteiger partial charge is 0.353 e. The summed E-state index contributed by atoms with van der Waals surface area (Å²) in [7, 11) is 0. The van der Waals surface area contributed by atoms with Crippen molar-refractivity contribution in [3.05, 3.63) is 0 Å². The van der Waals surface area contributed by atoms with E-state index in [1.807, 2.05) is 0 Å². The van der Waals surface area contributed by atoms with Crippen molar-refractivity contribution >= 4 is 53.7 Å². The molecule has 0 spiro atoms. The average molecular weight is 464 g/mol. The normalized spacial score (nSPS) is 11.6. The van der Waals surface area contributed by atoms with E-state index in [2.05, 4.69) is 60.0 Å². The third-order valence-corrected chi connectivity index (χ3v) is 4.15. The summed E-state index contributed by atoms with van der Waals surface area (Å²) < 4.78 is -0.814. The third-order valence-electron chi connectivity index (χ3n) is 3.07. The summed E-state index contributed by atoms with van der Waals surface area (Å²) in [5.41, 5.74) is 0. The van der Waals surface area contributed by atoms with Crippen LogP contribution >= 0.6 is 47.8 Å². The first kappa shape index (κ1) is 19.9. The molecule has 114 valence electrons. The monoisotopic (exact) mass is 461 g/mol. The lowest BCUT2D eigenvalue weighted by Gasteiger charge is -2.12. The van der Waals surface area contributed by atoms with Crippen LogP contribution in [0.4, 0.5) is 0 Å². The van der Waals surface area contributed by atoms with Gasteiger partial charge in [0.2, 0.25) is 2.14 Å². The number of hydrogen-bond acceptors (Lipinski definition) is 1. The van der Waals surface area contributed by atoms with Crippen LogP contribution in [0.15, 0.2) is 0 Å². The summed E-state index contributed by atoms with van der Waals surface area (Å²) in [6.07, 6.45) is 13.1. The van der Waals surface area contributed by atoms with Gasteiger partial charge >= 0.3 is 0 Å². The Morgan fingerprint density at radius 3 is 1.68 bits per heavy atom. The Morgan fingerprint density at radius 2 is 1.26 bits per heavy atom. The minimum atomic E-state index is -0.814. The maximum Gasteiger partial charge on any atom is 0.258 e. The minimum absolute atomic E-state index is 0.0802. The molecule has 0 atom stereocenters. The molecule has 5 heteroatoms. The topological polar surface area (TPSA) is 29.1 Å². The first-order chi connectivity index (χ1) is 8.98. The summed E-state index contributed by atoms with van der Waals surface area (Å²) in [6.45, 7) is 3.00. The van der Waals surface area contributed by atoms with Gasteiger partial charge in [0, 0.05) is 6.54 Å². The molecule has 0 rings (SSSR count). The van der Waals surface area contributed by atoms with E-state index >= 15 is 0 Å². The Bertz CT molecular complexity index is 229. The number of unbranched alkanes of at least 4 members (excludes halogenated alkanes) is 9. The van der Waals surface area contributed by atoms with E-state index in [9.17, 15) is 4.79 Å². The maximum atomic E-state index is 11.5. The van der Waals surface area contributed by atoms with Crippen LogP contribution in [0.25, 0.3) is 0 Å². The summed E-state index contributed by atoms with van der Waals surface area (Å²) in [5, 5.41) is 2.87. The fourth-order valence-electron chi connectivity index (χ4n) is 1.91. The zero-order valence-corrected chi connectivity index (χ0v) is 16.6. The summed E-state index contributed by atoms with van der Waals surface area (Å²) >= 11 is 9.58. The molecule has 0 bridgehead atoms. The number of carbonyl (C=O) groups is 1. The van der Waals surface area contributed by atoms with E-state index in [0.717, 1.165) is 13.0 Å². The van der Waals surface area contributed by atoms with E-state index in [-0.39, 0.29) is 5.91 Å².